The van der Waals surface area contributed by atoms with Crippen LogP contribution in [0, 0.1) is 0 Å². The highest BCUT2D eigenvalue weighted by Crippen LogP contribution is 2.42. The van der Waals surface area contributed by atoms with Crippen LogP contribution in [0.1, 0.15) is 37.4 Å². The molecule has 1 aliphatic carbocycles. The Balaban J connectivity index is 2.09. The third kappa shape index (κ3) is 3.11. The highest BCUT2D eigenvalue weighted by molar-refractivity contribution is 6.31. The Morgan fingerprint density at radius 1 is 1.53 bits per heavy atom. The van der Waals surface area contributed by atoms with Gasteiger partial charge < -0.3 is 15.2 Å². The van der Waals surface area contributed by atoms with Crippen LogP contribution in [0.25, 0.3) is 0 Å². The minimum atomic E-state index is -0.160. The van der Waals surface area contributed by atoms with Gasteiger partial charge in [-0.2, -0.15) is 5.10 Å². The number of nitrogens with two attached hydrogens (primary N) is 1. The fourth-order valence-electron chi connectivity index (χ4n) is 2.66. The average molecular weight is 288 g/mol. The van der Waals surface area contributed by atoms with Gasteiger partial charge in [0, 0.05) is 14.2 Å². The molecule has 1 fully saturated rings. The van der Waals surface area contributed by atoms with E-state index in [0.29, 0.717) is 18.2 Å². The van der Waals surface area contributed by atoms with Crippen LogP contribution in [0.2, 0.25) is 5.02 Å². The molecule has 1 unspecified atom stereocenters. The molecule has 0 amide bonds. The van der Waals surface area contributed by atoms with Gasteiger partial charge in [-0.3, -0.25) is 4.68 Å². The molecular formula is C13H22ClN3O2. The predicted octanol–water partition coefficient (Wildman–Crippen LogP) is 2.14. The van der Waals surface area contributed by atoms with E-state index in [1.54, 1.807) is 20.4 Å². The molecule has 1 aromatic heterocycles. The zero-order valence-corrected chi connectivity index (χ0v) is 12.3. The summed E-state index contributed by atoms with van der Waals surface area (Å²) in [6.45, 7) is 1.25. The van der Waals surface area contributed by atoms with Gasteiger partial charge in [0.25, 0.3) is 0 Å². The molecule has 0 aliphatic heterocycles. The zero-order valence-electron chi connectivity index (χ0n) is 11.6. The predicted molar refractivity (Wildman–Crippen MR) is 74.2 cm³/mol. The van der Waals surface area contributed by atoms with E-state index in [2.05, 4.69) is 5.10 Å². The molecule has 0 radical (unpaired) electrons. The summed E-state index contributed by atoms with van der Waals surface area (Å²) in [5, 5.41) is 4.88. The van der Waals surface area contributed by atoms with Crippen LogP contribution in [0.3, 0.4) is 0 Å². The number of hydrogen-bond donors (Lipinski definition) is 1. The van der Waals surface area contributed by atoms with Crippen LogP contribution in [0.15, 0.2) is 6.20 Å². The topological polar surface area (TPSA) is 62.3 Å². The first-order chi connectivity index (χ1) is 9.12. The van der Waals surface area contributed by atoms with Gasteiger partial charge in [-0.05, 0) is 25.7 Å². The van der Waals surface area contributed by atoms with Gasteiger partial charge in [-0.25, -0.2) is 0 Å². The van der Waals surface area contributed by atoms with Crippen LogP contribution in [-0.2, 0) is 16.0 Å². The van der Waals surface area contributed by atoms with Crippen LogP contribution in [-0.4, -0.2) is 36.2 Å². The standard InChI is InChI=1S/C13H22ClN3O2/c1-18-7-6-17-12(10(14)9-16-17)11(15)8-13(19-2)4-3-5-13/h9,11H,3-8,15H2,1-2H3. The van der Waals surface area contributed by atoms with Crippen molar-refractivity contribution in [1.29, 1.82) is 0 Å². The van der Waals surface area contributed by atoms with Crippen molar-refractivity contribution in [2.24, 2.45) is 5.73 Å². The molecule has 5 nitrogen and oxygen atoms in total. The Hall–Kier alpha value is -0.620. The summed E-state index contributed by atoms with van der Waals surface area (Å²) >= 11 is 6.21. The first kappa shape index (κ1) is 14.8. The summed E-state index contributed by atoms with van der Waals surface area (Å²) < 4.78 is 12.5. The molecule has 2 rings (SSSR count). The molecule has 2 N–H and O–H groups in total. The maximum Gasteiger partial charge on any atom is 0.0834 e. The fourth-order valence-corrected chi connectivity index (χ4v) is 2.94. The van der Waals surface area contributed by atoms with Crippen LogP contribution in [0.5, 0.6) is 0 Å². The highest BCUT2D eigenvalue weighted by Gasteiger charge is 2.39. The minimum absolute atomic E-state index is 0.0703. The Labute approximate surface area is 119 Å². The van der Waals surface area contributed by atoms with Crippen molar-refractivity contribution >= 4 is 11.6 Å². The van der Waals surface area contributed by atoms with Crippen molar-refractivity contribution < 1.29 is 9.47 Å². The molecule has 19 heavy (non-hydrogen) atoms. The lowest BCUT2D eigenvalue weighted by atomic mass is 9.75. The van der Waals surface area contributed by atoms with E-state index in [1.165, 1.54) is 6.42 Å². The Bertz CT molecular complexity index is 413. The van der Waals surface area contributed by atoms with Gasteiger partial charge in [0.2, 0.25) is 0 Å². The first-order valence-electron chi connectivity index (χ1n) is 6.63. The second-order valence-corrected chi connectivity index (χ2v) is 5.55. The molecule has 1 aromatic rings. The molecular weight excluding hydrogens is 266 g/mol. The molecule has 0 saturated heterocycles. The van der Waals surface area contributed by atoms with Gasteiger partial charge in [0.05, 0.1) is 41.7 Å². The fraction of sp³-hybridized carbons (Fsp3) is 0.769. The van der Waals surface area contributed by atoms with Crippen molar-refractivity contribution in [3.63, 3.8) is 0 Å². The van der Waals surface area contributed by atoms with Crippen LogP contribution in [0.4, 0.5) is 0 Å². The van der Waals surface area contributed by atoms with Crippen molar-refractivity contribution in [3.8, 4) is 0 Å². The molecule has 0 spiro atoms. The Morgan fingerprint density at radius 3 is 2.79 bits per heavy atom. The SMILES string of the molecule is COCCn1ncc(Cl)c1C(N)CC1(OC)CCC1. The Morgan fingerprint density at radius 2 is 2.26 bits per heavy atom. The monoisotopic (exact) mass is 287 g/mol. The largest absolute Gasteiger partial charge is 0.383 e. The second kappa shape index (κ2) is 6.22. The van der Waals surface area contributed by atoms with E-state index in [-0.39, 0.29) is 11.6 Å². The van der Waals surface area contributed by atoms with E-state index in [4.69, 9.17) is 26.8 Å². The third-order valence-corrected chi connectivity index (χ3v) is 4.27. The lowest BCUT2D eigenvalue weighted by molar-refractivity contribution is -0.0821. The van der Waals surface area contributed by atoms with E-state index in [0.717, 1.165) is 25.0 Å². The number of aromatic nitrogens is 2. The molecule has 1 aliphatic rings. The molecule has 0 aromatic carbocycles. The summed E-state index contributed by atoms with van der Waals surface area (Å²) in [7, 11) is 3.43. The van der Waals surface area contributed by atoms with E-state index < -0.39 is 0 Å². The zero-order chi connectivity index (χ0) is 13.9. The maximum absolute atomic E-state index is 6.32. The maximum atomic E-state index is 6.32. The number of nitrogens with zero attached hydrogens (tertiary/aromatic N) is 2. The van der Waals surface area contributed by atoms with Crippen molar-refractivity contribution in [1.82, 2.24) is 9.78 Å². The lowest BCUT2D eigenvalue weighted by Crippen LogP contribution is -2.42. The summed E-state index contributed by atoms with van der Waals surface area (Å²) in [6, 6.07) is -0.160. The quantitative estimate of drug-likeness (QED) is 0.835. The minimum Gasteiger partial charge on any atom is -0.383 e. The Kier molecular flexibility index (Phi) is 4.84. The smallest absolute Gasteiger partial charge is 0.0834 e. The lowest BCUT2D eigenvalue weighted by Gasteiger charge is -2.42. The summed E-state index contributed by atoms with van der Waals surface area (Å²) in [6.07, 6.45) is 5.77. The second-order valence-electron chi connectivity index (χ2n) is 5.14. The summed E-state index contributed by atoms with van der Waals surface area (Å²) in [5.74, 6) is 0. The van der Waals surface area contributed by atoms with Crippen molar-refractivity contribution in [2.75, 3.05) is 20.8 Å². The van der Waals surface area contributed by atoms with Crippen molar-refractivity contribution in [2.45, 2.75) is 43.9 Å². The number of rotatable bonds is 7. The first-order valence-corrected chi connectivity index (χ1v) is 7.00. The number of hydrogen-bond acceptors (Lipinski definition) is 4. The molecule has 1 heterocycles. The van der Waals surface area contributed by atoms with Gasteiger partial charge in [0.15, 0.2) is 0 Å². The van der Waals surface area contributed by atoms with Gasteiger partial charge in [0.1, 0.15) is 0 Å². The van der Waals surface area contributed by atoms with Crippen molar-refractivity contribution in [3.05, 3.63) is 16.9 Å². The molecule has 108 valence electrons. The molecule has 1 atom stereocenters. The normalized spacial score (nSPS) is 19.2. The molecule has 6 heteroatoms. The van der Waals surface area contributed by atoms with Gasteiger partial charge >= 0.3 is 0 Å². The molecule has 1 saturated carbocycles. The van der Waals surface area contributed by atoms with E-state index in [9.17, 15) is 0 Å². The number of ether oxygens (including phenoxy) is 2. The van der Waals surface area contributed by atoms with Crippen LogP contribution >= 0.6 is 11.6 Å². The summed E-state index contributed by atoms with van der Waals surface area (Å²) in [5.41, 5.74) is 7.12. The number of halogens is 1. The molecule has 0 bridgehead atoms. The highest BCUT2D eigenvalue weighted by atomic mass is 35.5. The number of methoxy groups -OCH3 is 2. The van der Waals surface area contributed by atoms with Crippen LogP contribution < -0.4 is 5.73 Å². The van der Waals surface area contributed by atoms with E-state index in [1.807, 2.05) is 4.68 Å². The van der Waals surface area contributed by atoms with E-state index >= 15 is 0 Å². The third-order valence-electron chi connectivity index (χ3n) is 3.98. The van der Waals surface area contributed by atoms with Gasteiger partial charge in [-0.15, -0.1) is 0 Å². The summed E-state index contributed by atoms with van der Waals surface area (Å²) in [4.78, 5) is 0. The average Bonchev–Trinajstić information content (AvgIpc) is 2.72. The van der Waals surface area contributed by atoms with Gasteiger partial charge in [-0.1, -0.05) is 11.6 Å².